The highest BCUT2D eigenvalue weighted by Crippen LogP contribution is 2.48. The molecule has 0 aromatic carbocycles. The van der Waals surface area contributed by atoms with Crippen molar-refractivity contribution in [1.82, 2.24) is 15.1 Å². The van der Waals surface area contributed by atoms with Crippen LogP contribution in [0.3, 0.4) is 0 Å². The molecule has 3 aliphatic rings. The molecule has 142 valence electrons. The highest BCUT2D eigenvalue weighted by atomic mass is 16.4. The Hall–Kier alpha value is -1.30. The molecule has 2 atom stereocenters. The zero-order valence-corrected chi connectivity index (χ0v) is 15.5. The monoisotopic (exact) mass is 351 g/mol. The molecule has 2 N–H and O–H groups in total. The fraction of sp³-hybridized carbons (Fsp3) is 0.895. The minimum atomic E-state index is -0.721. The van der Waals surface area contributed by atoms with Crippen LogP contribution in [0.5, 0.6) is 0 Å². The Morgan fingerprint density at radius 3 is 2.64 bits per heavy atom. The van der Waals surface area contributed by atoms with E-state index in [9.17, 15) is 14.7 Å². The number of carbonyl (C=O) groups excluding carboxylic acids is 1. The molecule has 0 radical (unpaired) electrons. The van der Waals surface area contributed by atoms with Gasteiger partial charge in [0.1, 0.15) is 0 Å². The van der Waals surface area contributed by atoms with Crippen LogP contribution in [0.15, 0.2) is 0 Å². The largest absolute Gasteiger partial charge is 0.481 e. The molecule has 1 saturated carbocycles. The molecule has 3 rings (SSSR count). The van der Waals surface area contributed by atoms with E-state index in [1.165, 1.54) is 25.9 Å². The van der Waals surface area contributed by atoms with E-state index in [1.807, 2.05) is 0 Å². The third-order valence-electron chi connectivity index (χ3n) is 6.64. The van der Waals surface area contributed by atoms with Crippen LogP contribution < -0.4 is 5.32 Å². The van der Waals surface area contributed by atoms with E-state index in [-0.39, 0.29) is 11.9 Å². The SMILES string of the molecule is CC1CCN(CCCCNC(=O)N2C[C@@H]3CCC[C@@]3(C(=O)O)C2)CC1. The number of hydrogen-bond acceptors (Lipinski definition) is 3. The van der Waals surface area contributed by atoms with Crippen LogP contribution in [-0.4, -0.2) is 66.2 Å². The van der Waals surface area contributed by atoms with E-state index in [0.717, 1.165) is 38.1 Å². The number of piperidine rings is 1. The smallest absolute Gasteiger partial charge is 0.317 e. The summed E-state index contributed by atoms with van der Waals surface area (Å²) < 4.78 is 0. The van der Waals surface area contributed by atoms with Crippen molar-refractivity contribution in [2.24, 2.45) is 17.3 Å². The Bertz CT molecular complexity index is 490. The highest BCUT2D eigenvalue weighted by molar-refractivity contribution is 5.80. The maximum Gasteiger partial charge on any atom is 0.317 e. The first-order valence-electron chi connectivity index (χ1n) is 10.00. The maximum absolute atomic E-state index is 12.4. The van der Waals surface area contributed by atoms with Crippen LogP contribution in [0, 0.1) is 17.3 Å². The Morgan fingerprint density at radius 2 is 1.96 bits per heavy atom. The lowest BCUT2D eigenvalue weighted by molar-refractivity contribution is -0.149. The van der Waals surface area contributed by atoms with E-state index in [4.69, 9.17) is 0 Å². The van der Waals surface area contributed by atoms with E-state index in [1.54, 1.807) is 4.90 Å². The predicted molar refractivity (Wildman–Crippen MR) is 96.5 cm³/mol. The average Bonchev–Trinajstić information content (AvgIpc) is 3.14. The maximum atomic E-state index is 12.4. The quantitative estimate of drug-likeness (QED) is 0.721. The molecule has 0 aromatic rings. The lowest BCUT2D eigenvalue weighted by atomic mass is 9.81. The summed E-state index contributed by atoms with van der Waals surface area (Å²) in [5.41, 5.74) is -0.678. The first kappa shape index (κ1) is 18.5. The van der Waals surface area contributed by atoms with E-state index >= 15 is 0 Å². The fourth-order valence-corrected chi connectivity index (χ4v) is 4.85. The van der Waals surface area contributed by atoms with Crippen LogP contribution in [0.1, 0.15) is 51.9 Å². The first-order chi connectivity index (χ1) is 12.0. The van der Waals surface area contributed by atoms with Crippen LogP contribution in [0.4, 0.5) is 4.79 Å². The number of urea groups is 1. The van der Waals surface area contributed by atoms with Gasteiger partial charge in [0, 0.05) is 19.6 Å². The number of aliphatic carboxylic acids is 1. The van der Waals surface area contributed by atoms with Gasteiger partial charge in [-0.25, -0.2) is 4.79 Å². The molecule has 0 aromatic heterocycles. The van der Waals surface area contributed by atoms with Crippen molar-refractivity contribution in [1.29, 1.82) is 0 Å². The molecule has 2 heterocycles. The van der Waals surface area contributed by atoms with Crippen LogP contribution in [0.25, 0.3) is 0 Å². The lowest BCUT2D eigenvalue weighted by Gasteiger charge is -2.30. The number of amides is 2. The van der Waals surface area contributed by atoms with Crippen LogP contribution in [0.2, 0.25) is 0 Å². The van der Waals surface area contributed by atoms with Crippen molar-refractivity contribution < 1.29 is 14.7 Å². The number of nitrogens with one attached hydrogen (secondary N) is 1. The van der Waals surface area contributed by atoms with Gasteiger partial charge in [0.15, 0.2) is 0 Å². The third-order valence-corrected chi connectivity index (χ3v) is 6.64. The number of carboxylic acids is 1. The minimum Gasteiger partial charge on any atom is -0.481 e. The van der Waals surface area contributed by atoms with Crippen molar-refractivity contribution in [2.45, 2.75) is 51.9 Å². The second kappa shape index (κ2) is 7.94. The molecule has 1 aliphatic carbocycles. The number of nitrogens with zero attached hydrogens (tertiary/aromatic N) is 2. The number of unbranched alkanes of at least 4 members (excludes halogenated alkanes) is 1. The molecular weight excluding hydrogens is 318 g/mol. The van der Waals surface area contributed by atoms with Crippen molar-refractivity contribution in [3.05, 3.63) is 0 Å². The molecule has 25 heavy (non-hydrogen) atoms. The summed E-state index contributed by atoms with van der Waals surface area (Å²) in [5, 5.41) is 12.6. The van der Waals surface area contributed by atoms with Crippen molar-refractivity contribution >= 4 is 12.0 Å². The topological polar surface area (TPSA) is 72.9 Å². The van der Waals surface area contributed by atoms with Gasteiger partial charge in [-0.2, -0.15) is 0 Å². The molecule has 0 spiro atoms. The number of carboxylic acid groups (broad SMARTS) is 1. The summed E-state index contributed by atoms with van der Waals surface area (Å²) in [5.74, 6) is 0.281. The van der Waals surface area contributed by atoms with Crippen molar-refractivity contribution in [3.8, 4) is 0 Å². The second-order valence-corrected chi connectivity index (χ2v) is 8.39. The second-order valence-electron chi connectivity index (χ2n) is 8.39. The minimum absolute atomic E-state index is 0.0816. The van der Waals surface area contributed by atoms with Crippen LogP contribution in [-0.2, 0) is 4.79 Å². The third kappa shape index (κ3) is 4.10. The van der Waals surface area contributed by atoms with Gasteiger partial charge in [0.05, 0.1) is 5.41 Å². The van der Waals surface area contributed by atoms with Crippen LogP contribution >= 0.6 is 0 Å². The first-order valence-corrected chi connectivity index (χ1v) is 10.00. The summed E-state index contributed by atoms with van der Waals surface area (Å²) in [6.07, 6.45) is 7.32. The number of rotatable bonds is 6. The molecule has 2 aliphatic heterocycles. The number of likely N-dealkylation sites (tertiary alicyclic amines) is 2. The van der Waals surface area contributed by atoms with E-state index in [2.05, 4.69) is 17.1 Å². The Morgan fingerprint density at radius 1 is 1.20 bits per heavy atom. The van der Waals surface area contributed by atoms with Gasteiger partial charge in [0.2, 0.25) is 0 Å². The standard InChI is InChI=1S/C19H33N3O3/c1-15-6-11-21(12-7-15)10-3-2-9-20-18(25)22-13-16-5-4-8-19(16,14-22)17(23)24/h15-16H,2-14H2,1H3,(H,20,25)(H,23,24)/t16-,19+/m0/s1. The molecule has 6 heteroatoms. The highest BCUT2D eigenvalue weighted by Gasteiger charge is 2.55. The molecule has 6 nitrogen and oxygen atoms in total. The Balaban J connectivity index is 1.33. The van der Waals surface area contributed by atoms with Gasteiger partial charge in [-0.1, -0.05) is 13.3 Å². The van der Waals surface area contributed by atoms with E-state index in [0.29, 0.717) is 26.1 Å². The van der Waals surface area contributed by atoms with E-state index < -0.39 is 11.4 Å². The van der Waals surface area contributed by atoms with Gasteiger partial charge in [-0.15, -0.1) is 0 Å². The van der Waals surface area contributed by atoms with Gasteiger partial charge in [-0.3, -0.25) is 4.79 Å². The summed E-state index contributed by atoms with van der Waals surface area (Å²) >= 11 is 0. The number of carbonyl (C=O) groups is 2. The summed E-state index contributed by atoms with van der Waals surface area (Å²) in [7, 11) is 0. The summed E-state index contributed by atoms with van der Waals surface area (Å²) in [6.45, 7) is 7.53. The van der Waals surface area contributed by atoms with Crippen molar-refractivity contribution in [2.75, 3.05) is 39.3 Å². The normalized spacial score (nSPS) is 30.4. The predicted octanol–water partition coefficient (Wildman–Crippen LogP) is 2.39. The van der Waals surface area contributed by atoms with Gasteiger partial charge < -0.3 is 20.2 Å². The Kier molecular flexibility index (Phi) is 5.87. The van der Waals surface area contributed by atoms with Gasteiger partial charge >= 0.3 is 12.0 Å². The molecule has 2 amide bonds. The van der Waals surface area contributed by atoms with Crippen molar-refractivity contribution in [3.63, 3.8) is 0 Å². The summed E-state index contributed by atoms with van der Waals surface area (Å²) in [4.78, 5) is 28.3. The molecule has 2 saturated heterocycles. The summed E-state index contributed by atoms with van der Waals surface area (Å²) in [6, 6.07) is -0.0816. The van der Waals surface area contributed by atoms with Gasteiger partial charge in [0.25, 0.3) is 0 Å². The number of hydrogen-bond donors (Lipinski definition) is 2. The zero-order chi connectivity index (χ0) is 17.9. The average molecular weight is 351 g/mol. The lowest BCUT2D eigenvalue weighted by Crippen LogP contribution is -2.42. The van der Waals surface area contributed by atoms with Gasteiger partial charge in [-0.05, 0) is 70.0 Å². The number of fused-ring (bicyclic) bond motifs is 1. The molecule has 0 bridgehead atoms. The molecule has 0 unspecified atom stereocenters. The zero-order valence-electron chi connectivity index (χ0n) is 15.5. The molecular formula is C19H33N3O3. The Labute approximate surface area is 150 Å². The molecule has 3 fully saturated rings. The fourth-order valence-electron chi connectivity index (χ4n) is 4.85.